The van der Waals surface area contributed by atoms with E-state index in [2.05, 4.69) is 24.1 Å². The van der Waals surface area contributed by atoms with Crippen molar-refractivity contribution in [1.82, 2.24) is 9.80 Å². The van der Waals surface area contributed by atoms with E-state index in [-0.39, 0.29) is 6.10 Å². The Bertz CT molecular complexity index is 392. The lowest BCUT2D eigenvalue weighted by molar-refractivity contribution is -0.140. The lowest BCUT2D eigenvalue weighted by Crippen LogP contribution is -2.49. The maximum Gasteiger partial charge on any atom is 0.223 e. The Morgan fingerprint density at radius 3 is 2.90 bits per heavy atom. The molecule has 0 N–H and O–H groups in total. The van der Waals surface area contributed by atoms with E-state index in [0.29, 0.717) is 24.9 Å². The molecule has 3 rings (SSSR count). The average Bonchev–Trinajstić information content (AvgIpc) is 3.12. The molecule has 0 bridgehead atoms. The summed E-state index contributed by atoms with van der Waals surface area (Å²) in [4.78, 5) is 16.8. The second-order valence-corrected chi connectivity index (χ2v) is 6.97. The van der Waals surface area contributed by atoms with Gasteiger partial charge in [0.15, 0.2) is 0 Å². The first-order chi connectivity index (χ1) is 10.2. The summed E-state index contributed by atoms with van der Waals surface area (Å²) in [5.74, 6) is 1.69. The molecule has 2 aliphatic carbocycles. The maximum atomic E-state index is 12.4. The van der Waals surface area contributed by atoms with Crippen molar-refractivity contribution in [3.05, 3.63) is 12.2 Å². The number of allylic oxidation sites excluding steroid dienone is 2. The Morgan fingerprint density at radius 1 is 1.33 bits per heavy atom. The van der Waals surface area contributed by atoms with Gasteiger partial charge in [-0.15, -0.1) is 0 Å². The highest BCUT2D eigenvalue weighted by molar-refractivity contribution is 5.76. The molecule has 118 valence electrons. The lowest BCUT2D eigenvalue weighted by Gasteiger charge is -2.35. The summed E-state index contributed by atoms with van der Waals surface area (Å²) >= 11 is 0. The van der Waals surface area contributed by atoms with Crippen molar-refractivity contribution in [3.8, 4) is 0 Å². The molecule has 0 radical (unpaired) electrons. The van der Waals surface area contributed by atoms with Crippen LogP contribution in [0.15, 0.2) is 12.2 Å². The van der Waals surface area contributed by atoms with Gasteiger partial charge >= 0.3 is 0 Å². The van der Waals surface area contributed by atoms with Crippen LogP contribution in [0, 0.1) is 11.8 Å². The summed E-state index contributed by atoms with van der Waals surface area (Å²) in [5, 5.41) is 0. The molecule has 3 aliphatic rings. The van der Waals surface area contributed by atoms with Crippen molar-refractivity contribution >= 4 is 5.91 Å². The molecule has 1 aliphatic heterocycles. The number of nitrogens with zero attached hydrogens (tertiary/aromatic N) is 2. The predicted octanol–water partition coefficient (Wildman–Crippen LogP) is 1.91. The average molecular weight is 292 g/mol. The molecule has 2 fully saturated rings. The number of hydrogen-bond acceptors (Lipinski definition) is 3. The third-order valence-corrected chi connectivity index (χ3v) is 4.82. The summed E-state index contributed by atoms with van der Waals surface area (Å²) in [6.45, 7) is 4.35. The lowest BCUT2D eigenvalue weighted by atomic mass is 10.0. The Balaban J connectivity index is 1.43. The van der Waals surface area contributed by atoms with Crippen LogP contribution in [0.4, 0.5) is 0 Å². The SMILES string of the molecule is CN(CC1CC1)CC1CN(C(=O)CC2C=CCC2)CCO1. The van der Waals surface area contributed by atoms with Crippen molar-refractivity contribution in [2.45, 2.75) is 38.2 Å². The zero-order valence-electron chi connectivity index (χ0n) is 13.2. The van der Waals surface area contributed by atoms with E-state index in [9.17, 15) is 4.79 Å². The Kier molecular flexibility index (Phi) is 4.96. The van der Waals surface area contributed by atoms with Crippen LogP contribution in [-0.2, 0) is 9.53 Å². The number of rotatable bonds is 6. The summed E-state index contributed by atoms with van der Waals surface area (Å²) < 4.78 is 5.85. The van der Waals surface area contributed by atoms with Gasteiger partial charge in [-0.2, -0.15) is 0 Å². The smallest absolute Gasteiger partial charge is 0.223 e. The number of amides is 1. The van der Waals surface area contributed by atoms with Crippen LogP contribution < -0.4 is 0 Å². The van der Waals surface area contributed by atoms with E-state index in [0.717, 1.165) is 38.4 Å². The van der Waals surface area contributed by atoms with Crippen LogP contribution in [-0.4, -0.2) is 61.6 Å². The molecule has 0 spiro atoms. The molecule has 1 saturated heterocycles. The molecule has 0 aromatic carbocycles. The van der Waals surface area contributed by atoms with E-state index in [1.807, 2.05) is 4.90 Å². The normalized spacial score (nSPS) is 29.3. The number of carbonyl (C=O) groups excluding carboxylic acids is 1. The quantitative estimate of drug-likeness (QED) is 0.701. The van der Waals surface area contributed by atoms with Gasteiger partial charge in [0.2, 0.25) is 5.91 Å². The van der Waals surface area contributed by atoms with Gasteiger partial charge < -0.3 is 14.5 Å². The molecule has 2 unspecified atom stereocenters. The van der Waals surface area contributed by atoms with Crippen LogP contribution in [0.3, 0.4) is 0 Å². The minimum absolute atomic E-state index is 0.186. The number of ether oxygens (including phenoxy) is 1. The highest BCUT2D eigenvalue weighted by Crippen LogP contribution is 2.29. The van der Waals surface area contributed by atoms with E-state index in [1.165, 1.54) is 19.4 Å². The van der Waals surface area contributed by atoms with Crippen molar-refractivity contribution in [2.24, 2.45) is 11.8 Å². The van der Waals surface area contributed by atoms with Crippen molar-refractivity contribution in [2.75, 3.05) is 39.8 Å². The molecule has 1 amide bonds. The van der Waals surface area contributed by atoms with Gasteiger partial charge in [0.25, 0.3) is 0 Å². The zero-order valence-corrected chi connectivity index (χ0v) is 13.2. The van der Waals surface area contributed by atoms with Crippen molar-refractivity contribution in [1.29, 1.82) is 0 Å². The van der Waals surface area contributed by atoms with Gasteiger partial charge in [-0.25, -0.2) is 0 Å². The van der Waals surface area contributed by atoms with Gasteiger partial charge in [0.1, 0.15) is 0 Å². The number of likely N-dealkylation sites (N-methyl/N-ethyl adjacent to an activating group) is 1. The van der Waals surface area contributed by atoms with Gasteiger partial charge in [0, 0.05) is 32.6 Å². The fraction of sp³-hybridized carbons (Fsp3) is 0.824. The van der Waals surface area contributed by atoms with E-state index in [4.69, 9.17) is 4.74 Å². The second-order valence-electron chi connectivity index (χ2n) is 6.97. The molecule has 4 nitrogen and oxygen atoms in total. The molecule has 4 heteroatoms. The third kappa shape index (κ3) is 4.55. The summed E-state index contributed by atoms with van der Waals surface area (Å²) in [5.41, 5.74) is 0. The minimum Gasteiger partial charge on any atom is -0.373 e. The molecule has 0 aromatic rings. The molecule has 0 aromatic heterocycles. The van der Waals surface area contributed by atoms with Gasteiger partial charge in [-0.3, -0.25) is 4.79 Å². The van der Waals surface area contributed by atoms with Gasteiger partial charge in [-0.05, 0) is 44.6 Å². The van der Waals surface area contributed by atoms with Crippen LogP contribution >= 0.6 is 0 Å². The van der Waals surface area contributed by atoms with Crippen LogP contribution in [0.5, 0.6) is 0 Å². The highest BCUT2D eigenvalue weighted by atomic mass is 16.5. The summed E-state index contributed by atoms with van der Waals surface area (Å²) in [6.07, 6.45) is 10.3. The van der Waals surface area contributed by atoms with Crippen LogP contribution in [0.1, 0.15) is 32.1 Å². The topological polar surface area (TPSA) is 32.8 Å². The zero-order chi connectivity index (χ0) is 14.7. The summed E-state index contributed by atoms with van der Waals surface area (Å²) in [6, 6.07) is 0. The van der Waals surface area contributed by atoms with E-state index < -0.39 is 0 Å². The molecule has 2 atom stereocenters. The van der Waals surface area contributed by atoms with Crippen molar-refractivity contribution < 1.29 is 9.53 Å². The molecular formula is C17H28N2O2. The van der Waals surface area contributed by atoms with Crippen LogP contribution in [0.25, 0.3) is 0 Å². The molecule has 21 heavy (non-hydrogen) atoms. The second kappa shape index (κ2) is 6.93. The first kappa shape index (κ1) is 15.0. The van der Waals surface area contributed by atoms with Gasteiger partial charge in [-0.1, -0.05) is 12.2 Å². The summed E-state index contributed by atoms with van der Waals surface area (Å²) in [7, 11) is 2.17. The molecule has 1 heterocycles. The third-order valence-electron chi connectivity index (χ3n) is 4.82. The predicted molar refractivity (Wildman–Crippen MR) is 83.0 cm³/mol. The maximum absolute atomic E-state index is 12.4. The monoisotopic (exact) mass is 292 g/mol. The first-order valence-corrected chi connectivity index (χ1v) is 8.45. The fourth-order valence-corrected chi connectivity index (χ4v) is 3.44. The van der Waals surface area contributed by atoms with E-state index in [1.54, 1.807) is 0 Å². The minimum atomic E-state index is 0.186. The standard InChI is InChI=1S/C17H28N2O2/c1-18(11-15-6-7-15)12-16-13-19(8-9-21-16)17(20)10-14-4-2-3-5-14/h2,4,14-16H,3,5-13H2,1H3. The number of carbonyl (C=O) groups is 1. The van der Waals surface area contributed by atoms with E-state index >= 15 is 0 Å². The fourth-order valence-electron chi connectivity index (χ4n) is 3.44. The molecular weight excluding hydrogens is 264 g/mol. The van der Waals surface area contributed by atoms with Crippen LogP contribution in [0.2, 0.25) is 0 Å². The highest BCUT2D eigenvalue weighted by Gasteiger charge is 2.28. The largest absolute Gasteiger partial charge is 0.373 e. The Labute approximate surface area is 128 Å². The van der Waals surface area contributed by atoms with Crippen molar-refractivity contribution in [3.63, 3.8) is 0 Å². The number of morpholine rings is 1. The Morgan fingerprint density at radius 2 is 2.19 bits per heavy atom. The number of hydrogen-bond donors (Lipinski definition) is 0. The first-order valence-electron chi connectivity index (χ1n) is 8.45. The van der Waals surface area contributed by atoms with Gasteiger partial charge in [0.05, 0.1) is 12.7 Å². The Hall–Kier alpha value is -0.870. The molecule has 1 saturated carbocycles.